The van der Waals surface area contributed by atoms with Crippen molar-refractivity contribution in [2.75, 3.05) is 18.1 Å². The van der Waals surface area contributed by atoms with Gasteiger partial charge in [0, 0.05) is 22.8 Å². The van der Waals surface area contributed by atoms with Crippen LogP contribution in [-0.4, -0.2) is 79.3 Å². The molecule has 5 N–H and O–H groups in total. The van der Waals surface area contributed by atoms with Crippen LogP contribution in [0.3, 0.4) is 0 Å². The number of thioether (sulfide) groups is 2. The van der Waals surface area contributed by atoms with Crippen molar-refractivity contribution in [2.24, 2.45) is 0 Å². The lowest BCUT2D eigenvalue weighted by Gasteiger charge is -2.49. The minimum atomic E-state index is -1.30. The summed E-state index contributed by atoms with van der Waals surface area (Å²) in [5, 5.41) is 33.7. The highest BCUT2D eigenvalue weighted by Crippen LogP contribution is 2.43. The van der Waals surface area contributed by atoms with E-state index in [2.05, 4.69) is 10.6 Å². The van der Waals surface area contributed by atoms with E-state index >= 15 is 0 Å². The van der Waals surface area contributed by atoms with Crippen molar-refractivity contribution in [1.82, 2.24) is 15.5 Å². The van der Waals surface area contributed by atoms with E-state index in [4.69, 9.17) is 5.11 Å². The number of phenolic OH excluding ortho intramolecular Hbond substituents is 1. The predicted molar refractivity (Wildman–Crippen MR) is 150 cm³/mol. The Balaban J connectivity index is 1.34. The Bertz CT molecular complexity index is 1500. The predicted octanol–water partition coefficient (Wildman–Crippen LogP) is 1.98. The lowest BCUT2D eigenvalue weighted by atomic mass is 9.90. The number of β-lactam (4-membered cyclic amide) rings is 1. The number of benzene rings is 2. The largest absolute Gasteiger partial charge is 0.508 e. The molecule has 0 saturated carbocycles. The molecule has 0 aliphatic carbocycles. The summed E-state index contributed by atoms with van der Waals surface area (Å²) in [6.07, 6.45) is 0.660. The van der Waals surface area contributed by atoms with Gasteiger partial charge in [-0.1, -0.05) is 12.1 Å². The minimum absolute atomic E-state index is 0.0154. The highest BCUT2D eigenvalue weighted by molar-refractivity contribution is 8.00. The molecule has 3 aliphatic heterocycles. The molecule has 0 bridgehead atoms. The number of carbonyl (C=O) groups is 5. The minimum Gasteiger partial charge on any atom is -0.508 e. The molecule has 2 saturated heterocycles. The van der Waals surface area contributed by atoms with Crippen LogP contribution in [0.5, 0.6) is 5.75 Å². The first-order valence-corrected chi connectivity index (χ1v) is 14.6. The van der Waals surface area contributed by atoms with E-state index in [0.29, 0.717) is 34.6 Å². The summed E-state index contributed by atoms with van der Waals surface area (Å²) in [6, 6.07) is 11.6. The van der Waals surface area contributed by atoms with Gasteiger partial charge < -0.3 is 26.0 Å². The number of carbonyl (C=O) groups excluding carboxylic acids is 3. The third-order valence-corrected chi connectivity index (χ3v) is 9.23. The average Bonchev–Trinajstić information content (AvgIpc) is 3.39. The monoisotopic (exact) mass is 595 g/mol. The molecule has 3 heterocycles. The van der Waals surface area contributed by atoms with Gasteiger partial charge in [-0.05, 0) is 65.9 Å². The normalized spacial score (nSPS) is 21.1. The van der Waals surface area contributed by atoms with Gasteiger partial charge in [0.25, 0.3) is 5.91 Å². The number of allylic oxidation sites excluding steroid dienone is 1. The second kappa shape index (κ2) is 11.7. The first kappa shape index (κ1) is 28.3. The average molecular weight is 596 g/mol. The van der Waals surface area contributed by atoms with E-state index in [1.807, 2.05) is 0 Å². The van der Waals surface area contributed by atoms with Crippen LogP contribution in [0.15, 0.2) is 75.8 Å². The number of amides is 3. The number of rotatable bonds is 9. The molecule has 0 aromatic heterocycles. The summed E-state index contributed by atoms with van der Waals surface area (Å²) in [5.74, 6) is -3.31. The lowest BCUT2D eigenvalue weighted by Crippen LogP contribution is -2.70. The Morgan fingerprint density at radius 1 is 1.02 bits per heavy atom. The summed E-state index contributed by atoms with van der Waals surface area (Å²) in [7, 11) is 0. The van der Waals surface area contributed by atoms with Crippen LogP contribution >= 0.6 is 23.5 Å². The summed E-state index contributed by atoms with van der Waals surface area (Å²) in [6.45, 7) is 0.428. The molecule has 5 rings (SSSR count). The van der Waals surface area contributed by atoms with Gasteiger partial charge in [-0.25, -0.2) is 9.59 Å². The number of aliphatic carboxylic acids is 1. The van der Waals surface area contributed by atoms with Crippen molar-refractivity contribution in [3.8, 4) is 5.75 Å². The fourth-order valence-corrected chi connectivity index (χ4v) is 7.02. The smallest absolute Gasteiger partial charge is 0.352 e. The van der Waals surface area contributed by atoms with Gasteiger partial charge >= 0.3 is 11.9 Å². The summed E-state index contributed by atoms with van der Waals surface area (Å²) in [4.78, 5) is 63.8. The quantitative estimate of drug-likeness (QED) is 0.164. The zero-order valence-electron chi connectivity index (χ0n) is 21.5. The van der Waals surface area contributed by atoms with E-state index in [1.165, 1.54) is 52.7 Å². The van der Waals surface area contributed by atoms with Crippen molar-refractivity contribution >= 4 is 53.2 Å². The molecule has 2 aromatic carbocycles. The van der Waals surface area contributed by atoms with Gasteiger partial charge in [0.2, 0.25) is 11.8 Å². The van der Waals surface area contributed by atoms with Crippen molar-refractivity contribution < 1.29 is 39.3 Å². The van der Waals surface area contributed by atoms with Gasteiger partial charge in [0.05, 0.1) is 11.3 Å². The fourth-order valence-electron chi connectivity index (χ4n) is 4.93. The number of aromatic carboxylic acids is 1. The van der Waals surface area contributed by atoms with Gasteiger partial charge in [-0.15, -0.1) is 23.5 Å². The van der Waals surface area contributed by atoms with E-state index in [9.17, 15) is 34.2 Å². The standard InChI is InChI=1S/C28H25N3O8S2/c32-16-5-1-14(2-6-16)11-19(18-9-10-29-24(18)34)20-12-41-26-22(25(35)31(26)23(20)28(38)39)30-21(33)13-40-17-7-3-15(4-8-17)27(36)37/h1-8,22,26,32H,9-13H2,(H,29,34)(H,30,33)(H,36,37)(H,38,39)/t22-,26-/m1/s1. The molecule has 0 spiro atoms. The van der Waals surface area contributed by atoms with Crippen LogP contribution in [0.4, 0.5) is 0 Å². The number of hydrogen-bond acceptors (Lipinski definition) is 8. The second-order valence-electron chi connectivity index (χ2n) is 9.51. The molecular weight excluding hydrogens is 570 g/mol. The first-order chi connectivity index (χ1) is 19.6. The van der Waals surface area contributed by atoms with Crippen molar-refractivity contribution in [2.45, 2.75) is 29.2 Å². The highest BCUT2D eigenvalue weighted by Gasteiger charge is 2.54. The van der Waals surface area contributed by atoms with E-state index < -0.39 is 35.2 Å². The second-order valence-corrected chi connectivity index (χ2v) is 11.7. The maximum Gasteiger partial charge on any atom is 0.352 e. The fraction of sp³-hybridized carbons (Fsp3) is 0.250. The molecule has 2 fully saturated rings. The molecule has 3 aliphatic rings. The van der Waals surface area contributed by atoms with Crippen molar-refractivity contribution in [3.05, 3.63) is 82.1 Å². The number of nitrogens with zero attached hydrogens (tertiary/aromatic N) is 1. The maximum absolute atomic E-state index is 13.2. The molecule has 0 unspecified atom stereocenters. The lowest BCUT2D eigenvalue weighted by molar-refractivity contribution is -0.150. The van der Waals surface area contributed by atoms with E-state index in [0.717, 1.165) is 5.56 Å². The maximum atomic E-state index is 13.2. The molecule has 11 nitrogen and oxygen atoms in total. The summed E-state index contributed by atoms with van der Waals surface area (Å²) >= 11 is 2.50. The third kappa shape index (κ3) is 5.81. The van der Waals surface area contributed by atoms with Crippen LogP contribution in [0, 0.1) is 0 Å². The Labute approximate surface area is 242 Å². The van der Waals surface area contributed by atoms with Gasteiger partial charge in [0.1, 0.15) is 22.9 Å². The molecule has 0 radical (unpaired) electrons. The zero-order valence-corrected chi connectivity index (χ0v) is 23.1. The third-order valence-electron chi connectivity index (χ3n) is 6.94. The van der Waals surface area contributed by atoms with Crippen LogP contribution in [0.1, 0.15) is 22.3 Å². The molecule has 13 heteroatoms. The topological polar surface area (TPSA) is 173 Å². The summed E-state index contributed by atoms with van der Waals surface area (Å²) < 4.78 is 0. The number of nitrogens with one attached hydrogen (secondary N) is 2. The van der Waals surface area contributed by atoms with E-state index in [-0.39, 0.29) is 40.8 Å². The number of aromatic hydroxyl groups is 1. The zero-order chi connectivity index (χ0) is 29.3. The molecule has 2 aromatic rings. The van der Waals surface area contributed by atoms with Crippen molar-refractivity contribution in [3.63, 3.8) is 0 Å². The van der Waals surface area contributed by atoms with Crippen LogP contribution in [-0.2, 0) is 25.6 Å². The summed E-state index contributed by atoms with van der Waals surface area (Å²) in [5.41, 5.74) is 2.10. The number of phenols is 1. The highest BCUT2D eigenvalue weighted by atomic mass is 32.2. The van der Waals surface area contributed by atoms with Gasteiger partial charge in [-0.2, -0.15) is 0 Å². The molecule has 3 amide bonds. The Morgan fingerprint density at radius 3 is 2.34 bits per heavy atom. The number of fused-ring (bicyclic) bond motifs is 1. The SMILES string of the molecule is O=C(CSc1ccc(C(=O)O)cc1)N[C@@H]1C(=O)N2C(C(=O)O)=C(C(Cc3ccc(O)cc3)=C3CCNC3=O)CS[C@H]12. The number of hydrogen-bond donors (Lipinski definition) is 5. The Morgan fingerprint density at radius 2 is 1.73 bits per heavy atom. The number of carboxylic acids is 2. The Hall–Kier alpha value is -4.23. The molecule has 212 valence electrons. The van der Waals surface area contributed by atoms with E-state index in [1.54, 1.807) is 24.3 Å². The van der Waals surface area contributed by atoms with Crippen LogP contribution < -0.4 is 10.6 Å². The molecule has 41 heavy (non-hydrogen) atoms. The first-order valence-electron chi connectivity index (χ1n) is 12.6. The van der Waals surface area contributed by atoms with Crippen molar-refractivity contribution in [1.29, 1.82) is 0 Å². The molecular formula is C28H25N3O8S2. The van der Waals surface area contributed by atoms with Crippen LogP contribution in [0.25, 0.3) is 0 Å². The van der Waals surface area contributed by atoms with Gasteiger partial charge in [-0.3, -0.25) is 19.3 Å². The molecule has 2 atom stereocenters. The Kier molecular flexibility index (Phi) is 8.08. The van der Waals surface area contributed by atoms with Gasteiger partial charge in [0.15, 0.2) is 0 Å². The van der Waals surface area contributed by atoms with Crippen LogP contribution in [0.2, 0.25) is 0 Å². The number of carboxylic acid groups (broad SMARTS) is 2.